The van der Waals surface area contributed by atoms with Gasteiger partial charge in [-0.05, 0) is 6.92 Å². The molecule has 0 aliphatic carbocycles. The van der Waals surface area contributed by atoms with Gasteiger partial charge in [0.25, 0.3) is 0 Å². The van der Waals surface area contributed by atoms with E-state index in [9.17, 15) is 0 Å². The lowest BCUT2D eigenvalue weighted by Crippen LogP contribution is -2.05. The molecule has 2 aromatic heterocycles. The van der Waals surface area contributed by atoms with Crippen molar-refractivity contribution in [2.45, 2.75) is 13.5 Å². The summed E-state index contributed by atoms with van der Waals surface area (Å²) in [5, 5.41) is 4.22. The van der Waals surface area contributed by atoms with Gasteiger partial charge in [-0.3, -0.25) is 0 Å². The van der Waals surface area contributed by atoms with Crippen molar-refractivity contribution in [3.8, 4) is 5.88 Å². The smallest absolute Gasteiger partial charge is 0.235 e. The highest BCUT2D eigenvalue weighted by Gasteiger charge is 2.07. The zero-order chi connectivity index (χ0) is 10.1. The van der Waals surface area contributed by atoms with Crippen molar-refractivity contribution in [2.75, 3.05) is 7.11 Å². The maximum atomic E-state index is 5.57. The minimum Gasteiger partial charge on any atom is -0.480 e. The summed E-state index contributed by atoms with van der Waals surface area (Å²) < 4.78 is 6.76. The zero-order valence-corrected chi connectivity index (χ0v) is 8.19. The number of aromatic nitrogens is 3. The molecule has 0 bridgehead atoms. The predicted molar refractivity (Wildman–Crippen MR) is 52.2 cm³/mol. The van der Waals surface area contributed by atoms with E-state index in [1.54, 1.807) is 23.9 Å². The van der Waals surface area contributed by atoms with Crippen molar-refractivity contribution in [1.82, 2.24) is 14.6 Å². The maximum absolute atomic E-state index is 5.57. The molecule has 0 spiro atoms. The molecule has 0 aliphatic heterocycles. The lowest BCUT2D eigenvalue weighted by molar-refractivity contribution is 0.394. The van der Waals surface area contributed by atoms with Crippen molar-refractivity contribution in [2.24, 2.45) is 5.73 Å². The molecular weight excluding hydrogens is 180 g/mol. The molecule has 0 radical (unpaired) electrons. The second kappa shape index (κ2) is 3.26. The third kappa shape index (κ3) is 1.22. The normalized spacial score (nSPS) is 10.8. The average molecular weight is 192 g/mol. The highest BCUT2D eigenvalue weighted by molar-refractivity contribution is 5.43. The standard InChI is InChI=1S/C9H12N4O/c1-6-7(4-10)5-11-8-3-9(14-2)12-13(6)8/h3,5H,4,10H2,1-2H3. The van der Waals surface area contributed by atoms with Crippen LogP contribution >= 0.6 is 0 Å². The molecule has 0 aromatic carbocycles. The van der Waals surface area contributed by atoms with Crippen LogP contribution in [0.3, 0.4) is 0 Å². The predicted octanol–water partition coefficient (Wildman–Crippen LogP) is 0.505. The van der Waals surface area contributed by atoms with Crippen LogP contribution in [0.15, 0.2) is 12.3 Å². The van der Waals surface area contributed by atoms with Crippen LogP contribution in [-0.2, 0) is 6.54 Å². The van der Waals surface area contributed by atoms with Crippen molar-refractivity contribution in [1.29, 1.82) is 0 Å². The van der Waals surface area contributed by atoms with Crippen LogP contribution in [-0.4, -0.2) is 21.7 Å². The topological polar surface area (TPSA) is 65.4 Å². The molecule has 2 aromatic rings. The monoisotopic (exact) mass is 192 g/mol. The molecule has 5 heteroatoms. The lowest BCUT2D eigenvalue weighted by atomic mass is 10.2. The Morgan fingerprint density at radius 1 is 1.57 bits per heavy atom. The van der Waals surface area contributed by atoms with Gasteiger partial charge in [0.1, 0.15) is 0 Å². The SMILES string of the molecule is COc1cc2ncc(CN)c(C)n2n1. The first-order valence-corrected chi connectivity index (χ1v) is 4.34. The quantitative estimate of drug-likeness (QED) is 0.752. The summed E-state index contributed by atoms with van der Waals surface area (Å²) in [7, 11) is 1.58. The lowest BCUT2D eigenvalue weighted by Gasteiger charge is -2.03. The highest BCUT2D eigenvalue weighted by Crippen LogP contribution is 2.14. The van der Waals surface area contributed by atoms with Gasteiger partial charge in [-0.1, -0.05) is 0 Å². The number of nitrogens with zero attached hydrogens (tertiary/aromatic N) is 3. The summed E-state index contributed by atoms with van der Waals surface area (Å²) >= 11 is 0. The first-order valence-electron chi connectivity index (χ1n) is 4.34. The minimum atomic E-state index is 0.469. The Labute approximate surface area is 81.5 Å². The van der Waals surface area contributed by atoms with Gasteiger partial charge in [0.15, 0.2) is 5.65 Å². The zero-order valence-electron chi connectivity index (χ0n) is 8.19. The summed E-state index contributed by atoms with van der Waals surface area (Å²) in [5.74, 6) is 0.565. The molecule has 0 saturated heterocycles. The van der Waals surface area contributed by atoms with Crippen LogP contribution in [0.25, 0.3) is 5.65 Å². The summed E-state index contributed by atoms with van der Waals surface area (Å²) in [6.45, 7) is 2.43. The molecule has 0 saturated carbocycles. The van der Waals surface area contributed by atoms with Crippen molar-refractivity contribution in [3.63, 3.8) is 0 Å². The fraction of sp³-hybridized carbons (Fsp3) is 0.333. The number of hydrogen-bond acceptors (Lipinski definition) is 4. The number of rotatable bonds is 2. The van der Waals surface area contributed by atoms with E-state index in [0.29, 0.717) is 12.4 Å². The van der Waals surface area contributed by atoms with E-state index in [0.717, 1.165) is 16.9 Å². The molecule has 2 rings (SSSR count). The molecule has 0 aliphatic rings. The number of hydrogen-bond donors (Lipinski definition) is 1. The Balaban J connectivity index is 2.68. The molecule has 0 fully saturated rings. The van der Waals surface area contributed by atoms with Crippen LogP contribution in [0.4, 0.5) is 0 Å². The van der Waals surface area contributed by atoms with Gasteiger partial charge in [0, 0.05) is 30.1 Å². The summed E-state index contributed by atoms with van der Waals surface area (Å²) in [5.41, 5.74) is 8.33. The number of nitrogens with two attached hydrogens (primary N) is 1. The molecule has 0 unspecified atom stereocenters. The molecule has 0 amide bonds. The molecule has 74 valence electrons. The van der Waals surface area contributed by atoms with Gasteiger partial charge < -0.3 is 10.5 Å². The van der Waals surface area contributed by atoms with Crippen LogP contribution < -0.4 is 10.5 Å². The Morgan fingerprint density at radius 3 is 3.00 bits per heavy atom. The van der Waals surface area contributed by atoms with Crippen LogP contribution in [0, 0.1) is 6.92 Å². The molecule has 0 atom stereocenters. The van der Waals surface area contributed by atoms with E-state index in [4.69, 9.17) is 10.5 Å². The average Bonchev–Trinajstić information content (AvgIpc) is 2.62. The Bertz CT molecular complexity index is 463. The number of fused-ring (bicyclic) bond motifs is 1. The molecule has 14 heavy (non-hydrogen) atoms. The van der Waals surface area contributed by atoms with Crippen molar-refractivity contribution < 1.29 is 4.74 Å². The maximum Gasteiger partial charge on any atom is 0.235 e. The summed E-state index contributed by atoms with van der Waals surface area (Å²) in [6, 6.07) is 1.79. The van der Waals surface area contributed by atoms with E-state index in [-0.39, 0.29) is 0 Å². The van der Waals surface area contributed by atoms with Crippen LogP contribution in [0.2, 0.25) is 0 Å². The van der Waals surface area contributed by atoms with Crippen LogP contribution in [0.1, 0.15) is 11.3 Å². The number of aryl methyl sites for hydroxylation is 1. The Kier molecular flexibility index (Phi) is 2.09. The largest absolute Gasteiger partial charge is 0.480 e. The second-order valence-corrected chi connectivity index (χ2v) is 3.03. The van der Waals surface area contributed by atoms with Gasteiger partial charge >= 0.3 is 0 Å². The van der Waals surface area contributed by atoms with E-state index in [2.05, 4.69) is 10.1 Å². The summed E-state index contributed by atoms with van der Waals surface area (Å²) in [6.07, 6.45) is 1.77. The van der Waals surface area contributed by atoms with E-state index in [1.165, 1.54) is 0 Å². The number of methoxy groups -OCH3 is 1. The van der Waals surface area contributed by atoms with Gasteiger partial charge in [-0.2, -0.15) is 0 Å². The van der Waals surface area contributed by atoms with Crippen LogP contribution in [0.5, 0.6) is 5.88 Å². The third-order valence-electron chi connectivity index (χ3n) is 2.23. The van der Waals surface area contributed by atoms with E-state index in [1.807, 2.05) is 6.92 Å². The van der Waals surface area contributed by atoms with E-state index >= 15 is 0 Å². The Hall–Kier alpha value is -1.62. The fourth-order valence-corrected chi connectivity index (χ4v) is 1.36. The van der Waals surface area contributed by atoms with Gasteiger partial charge in [-0.25, -0.2) is 9.50 Å². The third-order valence-corrected chi connectivity index (χ3v) is 2.23. The van der Waals surface area contributed by atoms with Crippen molar-refractivity contribution in [3.05, 3.63) is 23.5 Å². The molecule has 2 N–H and O–H groups in total. The highest BCUT2D eigenvalue weighted by atomic mass is 16.5. The first-order chi connectivity index (χ1) is 6.76. The molecule has 5 nitrogen and oxygen atoms in total. The fourth-order valence-electron chi connectivity index (χ4n) is 1.36. The summed E-state index contributed by atoms with van der Waals surface area (Å²) in [4.78, 5) is 4.22. The van der Waals surface area contributed by atoms with Gasteiger partial charge in [0.05, 0.1) is 7.11 Å². The second-order valence-electron chi connectivity index (χ2n) is 3.03. The molecular formula is C9H12N4O. The minimum absolute atomic E-state index is 0.469. The van der Waals surface area contributed by atoms with E-state index < -0.39 is 0 Å². The van der Waals surface area contributed by atoms with Gasteiger partial charge in [-0.15, -0.1) is 5.10 Å². The molecule has 2 heterocycles. The number of ether oxygens (including phenoxy) is 1. The van der Waals surface area contributed by atoms with Crippen molar-refractivity contribution >= 4 is 5.65 Å². The Morgan fingerprint density at radius 2 is 2.36 bits per heavy atom. The first kappa shape index (κ1) is 8.96. The van der Waals surface area contributed by atoms with Gasteiger partial charge in [0.2, 0.25) is 5.88 Å².